The molecule has 4 heteroatoms. The lowest BCUT2D eigenvalue weighted by atomic mass is 9.88. The molecule has 0 saturated heterocycles. The maximum atomic E-state index is 10.8. The summed E-state index contributed by atoms with van der Waals surface area (Å²) >= 11 is 0. The predicted octanol–water partition coefficient (Wildman–Crippen LogP) is 2.46. The quantitative estimate of drug-likeness (QED) is 0.789. The largest absolute Gasteiger partial charge is 0.385 e. The van der Waals surface area contributed by atoms with Gasteiger partial charge in [0.1, 0.15) is 0 Å². The Kier molecular flexibility index (Phi) is 5.37. The Labute approximate surface area is 114 Å². The summed E-state index contributed by atoms with van der Waals surface area (Å²) in [7, 11) is 0. The Morgan fingerprint density at radius 2 is 2.00 bits per heavy atom. The van der Waals surface area contributed by atoms with Crippen molar-refractivity contribution in [1.82, 2.24) is 0 Å². The first kappa shape index (κ1) is 15.0. The zero-order valence-electron chi connectivity index (χ0n) is 11.6. The molecule has 0 radical (unpaired) electrons. The summed E-state index contributed by atoms with van der Waals surface area (Å²) in [5.74, 6) is -0.321. The summed E-state index contributed by atoms with van der Waals surface area (Å²) in [6.45, 7) is 5.08. The standard InChI is InChI=1S/C15H21N3O/c1-15(2,8-3-9-16)11-18-13-6-4-12(5-7-13)10-14(17)19/h4-7,18H,3,8,10-11H2,1-2H3,(H2,17,19). The van der Waals surface area contributed by atoms with Gasteiger partial charge < -0.3 is 11.1 Å². The van der Waals surface area contributed by atoms with E-state index in [0.29, 0.717) is 6.42 Å². The Morgan fingerprint density at radius 1 is 1.37 bits per heavy atom. The molecule has 19 heavy (non-hydrogen) atoms. The van der Waals surface area contributed by atoms with Gasteiger partial charge >= 0.3 is 0 Å². The third kappa shape index (κ3) is 5.91. The fraction of sp³-hybridized carbons (Fsp3) is 0.467. The fourth-order valence-corrected chi connectivity index (χ4v) is 1.77. The minimum atomic E-state index is -0.321. The van der Waals surface area contributed by atoms with Crippen LogP contribution in [0.15, 0.2) is 24.3 Å². The van der Waals surface area contributed by atoms with Crippen LogP contribution in [0, 0.1) is 16.7 Å². The maximum Gasteiger partial charge on any atom is 0.221 e. The number of carbonyl (C=O) groups excluding carboxylic acids is 1. The van der Waals surface area contributed by atoms with Crippen molar-refractivity contribution < 1.29 is 4.79 Å². The monoisotopic (exact) mass is 259 g/mol. The average molecular weight is 259 g/mol. The van der Waals surface area contributed by atoms with Crippen LogP contribution in [-0.2, 0) is 11.2 Å². The zero-order valence-corrected chi connectivity index (χ0v) is 11.6. The van der Waals surface area contributed by atoms with Gasteiger partial charge in [0.05, 0.1) is 12.5 Å². The van der Waals surface area contributed by atoms with Crippen LogP contribution in [0.3, 0.4) is 0 Å². The van der Waals surface area contributed by atoms with E-state index in [1.54, 1.807) is 0 Å². The number of nitrogens with one attached hydrogen (secondary N) is 1. The lowest BCUT2D eigenvalue weighted by Gasteiger charge is -2.24. The van der Waals surface area contributed by atoms with Gasteiger partial charge in [0.25, 0.3) is 0 Å². The minimum Gasteiger partial charge on any atom is -0.385 e. The van der Waals surface area contributed by atoms with E-state index in [1.165, 1.54) is 0 Å². The molecule has 102 valence electrons. The summed E-state index contributed by atoms with van der Waals surface area (Å²) in [4.78, 5) is 10.8. The summed E-state index contributed by atoms with van der Waals surface area (Å²) in [6, 6.07) is 9.86. The molecule has 1 rings (SSSR count). The Hall–Kier alpha value is -2.02. The highest BCUT2D eigenvalue weighted by atomic mass is 16.1. The van der Waals surface area contributed by atoms with Crippen LogP contribution in [0.25, 0.3) is 0 Å². The fourth-order valence-electron chi connectivity index (χ4n) is 1.77. The van der Waals surface area contributed by atoms with Crippen molar-refractivity contribution in [3.05, 3.63) is 29.8 Å². The predicted molar refractivity (Wildman–Crippen MR) is 76.5 cm³/mol. The van der Waals surface area contributed by atoms with Gasteiger partial charge in [-0.2, -0.15) is 5.26 Å². The lowest BCUT2D eigenvalue weighted by molar-refractivity contribution is -0.117. The van der Waals surface area contributed by atoms with E-state index in [2.05, 4.69) is 25.2 Å². The highest BCUT2D eigenvalue weighted by Crippen LogP contribution is 2.23. The van der Waals surface area contributed by atoms with Crippen molar-refractivity contribution >= 4 is 11.6 Å². The van der Waals surface area contributed by atoms with Crippen LogP contribution < -0.4 is 11.1 Å². The molecule has 1 aromatic carbocycles. The Balaban J connectivity index is 2.50. The first-order chi connectivity index (χ1) is 8.93. The topological polar surface area (TPSA) is 78.9 Å². The van der Waals surface area contributed by atoms with Gasteiger partial charge in [0.2, 0.25) is 5.91 Å². The van der Waals surface area contributed by atoms with Gasteiger partial charge in [0.15, 0.2) is 0 Å². The van der Waals surface area contributed by atoms with Crippen molar-refractivity contribution in [2.75, 3.05) is 11.9 Å². The third-order valence-electron chi connectivity index (χ3n) is 3.02. The van der Waals surface area contributed by atoms with E-state index >= 15 is 0 Å². The van der Waals surface area contributed by atoms with Crippen molar-refractivity contribution in [2.45, 2.75) is 33.1 Å². The number of hydrogen-bond donors (Lipinski definition) is 2. The van der Waals surface area contributed by atoms with Gasteiger partial charge in [-0.3, -0.25) is 4.79 Å². The normalized spacial score (nSPS) is 10.8. The van der Waals surface area contributed by atoms with Gasteiger partial charge in [-0.25, -0.2) is 0 Å². The number of primary amides is 1. The van der Waals surface area contributed by atoms with E-state index in [-0.39, 0.29) is 17.7 Å². The van der Waals surface area contributed by atoms with Crippen molar-refractivity contribution in [1.29, 1.82) is 5.26 Å². The molecule has 0 heterocycles. The number of hydrogen-bond acceptors (Lipinski definition) is 3. The molecular weight excluding hydrogens is 238 g/mol. The number of rotatable bonds is 7. The Morgan fingerprint density at radius 3 is 2.53 bits per heavy atom. The first-order valence-electron chi connectivity index (χ1n) is 6.41. The van der Waals surface area contributed by atoms with Crippen molar-refractivity contribution in [3.8, 4) is 6.07 Å². The minimum absolute atomic E-state index is 0.0849. The van der Waals surface area contributed by atoms with Crippen LogP contribution in [0.5, 0.6) is 0 Å². The second kappa shape index (κ2) is 6.79. The summed E-state index contributed by atoms with van der Waals surface area (Å²) in [6.07, 6.45) is 1.72. The van der Waals surface area contributed by atoms with Crippen LogP contribution >= 0.6 is 0 Å². The molecule has 0 aromatic heterocycles. The highest BCUT2D eigenvalue weighted by Gasteiger charge is 2.16. The molecule has 0 fully saturated rings. The maximum absolute atomic E-state index is 10.8. The molecule has 1 aromatic rings. The van der Waals surface area contributed by atoms with E-state index in [4.69, 9.17) is 11.0 Å². The number of carbonyl (C=O) groups is 1. The second-order valence-corrected chi connectivity index (χ2v) is 5.52. The van der Waals surface area contributed by atoms with E-state index < -0.39 is 0 Å². The smallest absolute Gasteiger partial charge is 0.221 e. The van der Waals surface area contributed by atoms with Crippen molar-refractivity contribution in [3.63, 3.8) is 0 Å². The third-order valence-corrected chi connectivity index (χ3v) is 3.02. The summed E-state index contributed by atoms with van der Waals surface area (Å²) < 4.78 is 0. The molecule has 1 amide bonds. The molecule has 0 aliphatic heterocycles. The number of nitrogens with zero attached hydrogens (tertiary/aromatic N) is 1. The zero-order chi connectivity index (χ0) is 14.3. The van der Waals surface area contributed by atoms with E-state index in [9.17, 15) is 4.79 Å². The number of amides is 1. The molecule has 0 saturated carbocycles. The molecule has 0 unspecified atom stereocenters. The molecule has 0 atom stereocenters. The molecule has 0 aliphatic rings. The average Bonchev–Trinajstić information content (AvgIpc) is 2.35. The molecule has 0 bridgehead atoms. The number of benzene rings is 1. The molecular formula is C15H21N3O. The van der Waals surface area contributed by atoms with E-state index in [0.717, 1.165) is 24.2 Å². The highest BCUT2D eigenvalue weighted by molar-refractivity contribution is 5.76. The molecule has 0 spiro atoms. The lowest BCUT2D eigenvalue weighted by Crippen LogP contribution is -2.22. The number of anilines is 1. The van der Waals surface area contributed by atoms with Crippen molar-refractivity contribution in [2.24, 2.45) is 11.1 Å². The van der Waals surface area contributed by atoms with Crippen LogP contribution in [0.2, 0.25) is 0 Å². The molecule has 0 aliphatic carbocycles. The first-order valence-corrected chi connectivity index (χ1v) is 6.41. The van der Waals surface area contributed by atoms with Gasteiger partial charge in [-0.05, 0) is 29.5 Å². The number of nitrogens with two attached hydrogens (primary N) is 1. The molecule has 3 N–H and O–H groups in total. The number of nitriles is 1. The van der Waals surface area contributed by atoms with Gasteiger partial charge in [-0.1, -0.05) is 26.0 Å². The SMILES string of the molecule is CC(C)(CCC#N)CNc1ccc(CC(N)=O)cc1. The van der Waals surface area contributed by atoms with Gasteiger partial charge in [0, 0.05) is 18.7 Å². The van der Waals surface area contributed by atoms with Crippen LogP contribution in [0.1, 0.15) is 32.3 Å². The second-order valence-electron chi connectivity index (χ2n) is 5.52. The van der Waals surface area contributed by atoms with E-state index in [1.807, 2.05) is 24.3 Å². The summed E-state index contributed by atoms with van der Waals surface area (Å²) in [5.41, 5.74) is 7.16. The van der Waals surface area contributed by atoms with Crippen LogP contribution in [0.4, 0.5) is 5.69 Å². The van der Waals surface area contributed by atoms with Crippen LogP contribution in [-0.4, -0.2) is 12.5 Å². The Bertz CT molecular complexity index is 457. The van der Waals surface area contributed by atoms with Gasteiger partial charge in [-0.15, -0.1) is 0 Å². The molecule has 4 nitrogen and oxygen atoms in total. The summed E-state index contributed by atoms with van der Waals surface area (Å²) in [5, 5.41) is 12.0.